The first-order chi connectivity index (χ1) is 8.96. The normalized spacial score (nSPS) is 27.1. The average molecular weight is 263 g/mol. The first-order valence-electron chi connectivity index (χ1n) is 7.46. The molecule has 0 saturated heterocycles. The summed E-state index contributed by atoms with van der Waals surface area (Å²) in [4.78, 5) is 0. The van der Waals surface area contributed by atoms with E-state index in [1.807, 2.05) is 12.1 Å². The third kappa shape index (κ3) is 2.84. The Labute approximate surface area is 116 Å². The fourth-order valence-corrected chi connectivity index (χ4v) is 3.43. The van der Waals surface area contributed by atoms with Gasteiger partial charge in [-0.15, -0.1) is 0 Å². The van der Waals surface area contributed by atoms with Crippen LogP contribution in [0.25, 0.3) is 0 Å². The molecule has 0 amide bonds. The lowest BCUT2D eigenvalue weighted by atomic mass is 9.56. The van der Waals surface area contributed by atoms with Crippen LogP contribution >= 0.6 is 0 Å². The minimum absolute atomic E-state index is 0.123. The molecule has 0 heterocycles. The Kier molecular flexibility index (Phi) is 4.29. The maximum atomic E-state index is 13.0. The van der Waals surface area contributed by atoms with Crippen LogP contribution in [0.2, 0.25) is 0 Å². The van der Waals surface area contributed by atoms with E-state index in [0.717, 1.165) is 6.54 Å². The van der Waals surface area contributed by atoms with Gasteiger partial charge in [-0.2, -0.15) is 0 Å². The molecule has 1 nitrogen and oxygen atoms in total. The predicted molar refractivity (Wildman–Crippen MR) is 78.8 cm³/mol. The quantitative estimate of drug-likeness (QED) is 0.842. The summed E-state index contributed by atoms with van der Waals surface area (Å²) in [6.07, 6.45) is 2.42. The van der Waals surface area contributed by atoms with E-state index in [-0.39, 0.29) is 11.2 Å². The molecule has 0 aliphatic heterocycles. The minimum atomic E-state index is -0.149. The summed E-state index contributed by atoms with van der Waals surface area (Å²) < 4.78 is 13.0. The Hall–Kier alpha value is -0.890. The standard InChI is InChI=1S/C17H26FN/c1-5-10-19-16-11-15(12(16)2)17(3,4)13-6-8-14(18)9-7-13/h6-9,12,15-16,19H,5,10-11H2,1-4H3. The Morgan fingerprint density at radius 2 is 1.89 bits per heavy atom. The van der Waals surface area contributed by atoms with Crippen molar-refractivity contribution < 1.29 is 4.39 Å². The lowest BCUT2D eigenvalue weighted by molar-refractivity contribution is 0.0586. The molecule has 106 valence electrons. The van der Waals surface area contributed by atoms with Crippen LogP contribution < -0.4 is 5.32 Å². The average Bonchev–Trinajstić information content (AvgIpc) is 2.37. The van der Waals surface area contributed by atoms with Gasteiger partial charge in [0.15, 0.2) is 0 Å². The van der Waals surface area contributed by atoms with Crippen molar-refractivity contribution in [1.82, 2.24) is 5.32 Å². The molecule has 1 aromatic rings. The van der Waals surface area contributed by atoms with Gasteiger partial charge in [0.2, 0.25) is 0 Å². The van der Waals surface area contributed by atoms with Crippen molar-refractivity contribution in [1.29, 1.82) is 0 Å². The SMILES string of the molecule is CCCNC1CC(C(C)(C)c2ccc(F)cc2)C1C. The molecule has 1 aliphatic rings. The van der Waals surface area contributed by atoms with Crippen LogP contribution in [0.15, 0.2) is 24.3 Å². The molecule has 1 aromatic carbocycles. The number of halogens is 1. The summed E-state index contributed by atoms with van der Waals surface area (Å²) in [5.74, 6) is 1.21. The van der Waals surface area contributed by atoms with Gasteiger partial charge in [0.05, 0.1) is 0 Å². The second kappa shape index (κ2) is 5.62. The first kappa shape index (κ1) is 14.5. The van der Waals surface area contributed by atoms with Crippen molar-refractivity contribution in [3.05, 3.63) is 35.6 Å². The van der Waals surface area contributed by atoms with Crippen LogP contribution in [0, 0.1) is 17.7 Å². The summed E-state index contributed by atoms with van der Waals surface area (Å²) in [6.45, 7) is 10.2. The summed E-state index contributed by atoms with van der Waals surface area (Å²) in [6, 6.07) is 7.69. The third-order valence-electron chi connectivity index (χ3n) is 4.95. The van der Waals surface area contributed by atoms with Gasteiger partial charge in [0.1, 0.15) is 5.82 Å². The highest BCUT2D eigenvalue weighted by molar-refractivity contribution is 5.27. The maximum Gasteiger partial charge on any atom is 0.123 e. The van der Waals surface area contributed by atoms with Crippen molar-refractivity contribution in [2.75, 3.05) is 6.54 Å². The minimum Gasteiger partial charge on any atom is -0.314 e. The van der Waals surface area contributed by atoms with E-state index in [2.05, 4.69) is 33.0 Å². The van der Waals surface area contributed by atoms with Gasteiger partial charge in [0, 0.05) is 6.04 Å². The fraction of sp³-hybridized carbons (Fsp3) is 0.647. The van der Waals surface area contributed by atoms with Crippen LogP contribution in [-0.4, -0.2) is 12.6 Å². The summed E-state index contributed by atoms with van der Waals surface area (Å²) >= 11 is 0. The Morgan fingerprint density at radius 1 is 1.26 bits per heavy atom. The van der Waals surface area contributed by atoms with Crippen molar-refractivity contribution in [3.8, 4) is 0 Å². The van der Waals surface area contributed by atoms with Crippen molar-refractivity contribution in [2.24, 2.45) is 11.8 Å². The van der Waals surface area contributed by atoms with Crippen molar-refractivity contribution >= 4 is 0 Å². The lowest BCUT2D eigenvalue weighted by Gasteiger charge is -2.51. The Bertz CT molecular complexity index is 410. The van der Waals surface area contributed by atoms with Gasteiger partial charge < -0.3 is 5.32 Å². The summed E-state index contributed by atoms with van der Waals surface area (Å²) in [5, 5.41) is 3.62. The molecule has 2 rings (SSSR count). The van der Waals surface area contributed by atoms with E-state index in [1.54, 1.807) is 12.1 Å². The highest BCUT2D eigenvalue weighted by Crippen LogP contribution is 2.47. The topological polar surface area (TPSA) is 12.0 Å². The second-order valence-electron chi connectivity index (χ2n) is 6.49. The number of benzene rings is 1. The van der Waals surface area contributed by atoms with E-state index >= 15 is 0 Å². The first-order valence-corrected chi connectivity index (χ1v) is 7.46. The number of hydrogen-bond acceptors (Lipinski definition) is 1. The maximum absolute atomic E-state index is 13.0. The molecular formula is C17H26FN. The molecular weight excluding hydrogens is 237 g/mol. The summed E-state index contributed by atoms with van der Waals surface area (Å²) in [5.41, 5.74) is 1.37. The summed E-state index contributed by atoms with van der Waals surface area (Å²) in [7, 11) is 0. The molecule has 1 aliphatic carbocycles. The molecule has 1 N–H and O–H groups in total. The van der Waals surface area contributed by atoms with E-state index < -0.39 is 0 Å². The van der Waals surface area contributed by atoms with E-state index in [4.69, 9.17) is 0 Å². The van der Waals surface area contributed by atoms with Gasteiger partial charge in [-0.1, -0.05) is 39.8 Å². The zero-order valence-electron chi connectivity index (χ0n) is 12.5. The smallest absolute Gasteiger partial charge is 0.123 e. The second-order valence-corrected chi connectivity index (χ2v) is 6.49. The lowest BCUT2D eigenvalue weighted by Crippen LogP contribution is -2.55. The van der Waals surface area contributed by atoms with Crippen LogP contribution in [0.3, 0.4) is 0 Å². The zero-order valence-corrected chi connectivity index (χ0v) is 12.5. The van der Waals surface area contributed by atoms with Gasteiger partial charge in [0.25, 0.3) is 0 Å². The largest absolute Gasteiger partial charge is 0.314 e. The molecule has 0 radical (unpaired) electrons. The van der Waals surface area contributed by atoms with Gasteiger partial charge in [-0.25, -0.2) is 4.39 Å². The highest BCUT2D eigenvalue weighted by Gasteiger charge is 2.46. The van der Waals surface area contributed by atoms with E-state index in [9.17, 15) is 4.39 Å². The van der Waals surface area contributed by atoms with Crippen LogP contribution in [-0.2, 0) is 5.41 Å². The number of hydrogen-bond donors (Lipinski definition) is 1. The molecule has 2 heteroatoms. The molecule has 0 bridgehead atoms. The number of nitrogens with one attached hydrogen (secondary N) is 1. The van der Waals surface area contributed by atoms with Crippen LogP contribution in [0.4, 0.5) is 4.39 Å². The number of rotatable bonds is 5. The van der Waals surface area contributed by atoms with E-state index in [0.29, 0.717) is 17.9 Å². The molecule has 1 fully saturated rings. The zero-order chi connectivity index (χ0) is 14.0. The van der Waals surface area contributed by atoms with Crippen LogP contribution in [0.1, 0.15) is 46.1 Å². The molecule has 3 atom stereocenters. The molecule has 0 spiro atoms. The molecule has 3 unspecified atom stereocenters. The molecule has 19 heavy (non-hydrogen) atoms. The molecule has 1 saturated carbocycles. The monoisotopic (exact) mass is 263 g/mol. The van der Waals surface area contributed by atoms with Gasteiger partial charge in [-0.05, 0) is 54.3 Å². The van der Waals surface area contributed by atoms with Crippen molar-refractivity contribution in [3.63, 3.8) is 0 Å². The van der Waals surface area contributed by atoms with Gasteiger partial charge >= 0.3 is 0 Å². The van der Waals surface area contributed by atoms with Crippen LogP contribution in [0.5, 0.6) is 0 Å². The third-order valence-corrected chi connectivity index (χ3v) is 4.95. The van der Waals surface area contributed by atoms with Crippen molar-refractivity contribution in [2.45, 2.75) is 52.0 Å². The Morgan fingerprint density at radius 3 is 2.42 bits per heavy atom. The Balaban J connectivity index is 2.03. The highest BCUT2D eigenvalue weighted by atomic mass is 19.1. The van der Waals surface area contributed by atoms with E-state index in [1.165, 1.54) is 18.4 Å². The van der Waals surface area contributed by atoms with Gasteiger partial charge in [-0.3, -0.25) is 0 Å². The predicted octanol–water partition coefficient (Wildman–Crippen LogP) is 4.13. The fourth-order valence-electron chi connectivity index (χ4n) is 3.43. The molecule has 0 aromatic heterocycles.